The molecule has 0 aliphatic heterocycles. The monoisotopic (exact) mass is 426 g/mol. The first-order valence-corrected chi connectivity index (χ1v) is 9.66. The van der Waals surface area contributed by atoms with E-state index in [0.29, 0.717) is 29.2 Å². The lowest BCUT2D eigenvalue weighted by molar-refractivity contribution is 0.0955. The standard InChI is InChI=1S/C22H17ClF2N4O/c23-17-9-5-4-6-14(17)10-11-26-22(30)16-13-27-29-19(20(24)25)12-18(28-21(16)29)15-7-2-1-3-8-15/h1-9,12-13,20H,10-11H2,(H,26,30). The van der Waals surface area contributed by atoms with Crippen LogP contribution in [0.3, 0.4) is 0 Å². The summed E-state index contributed by atoms with van der Waals surface area (Å²) in [5, 5.41) is 7.37. The smallest absolute Gasteiger partial charge is 0.280 e. The summed E-state index contributed by atoms with van der Waals surface area (Å²) in [7, 11) is 0. The van der Waals surface area contributed by atoms with Crippen LogP contribution in [0.4, 0.5) is 8.78 Å². The molecule has 4 rings (SSSR count). The van der Waals surface area contributed by atoms with Gasteiger partial charge in [-0.25, -0.2) is 18.3 Å². The molecule has 0 unspecified atom stereocenters. The van der Waals surface area contributed by atoms with Gasteiger partial charge in [0.05, 0.1) is 11.9 Å². The number of aromatic nitrogens is 3. The van der Waals surface area contributed by atoms with Gasteiger partial charge in [0, 0.05) is 17.1 Å². The third-order valence-corrected chi connectivity index (χ3v) is 5.04. The predicted octanol–water partition coefficient (Wildman–Crippen LogP) is 4.96. The van der Waals surface area contributed by atoms with Crippen molar-refractivity contribution >= 4 is 23.2 Å². The molecule has 0 bridgehead atoms. The number of hydrogen-bond acceptors (Lipinski definition) is 3. The van der Waals surface area contributed by atoms with Crippen LogP contribution < -0.4 is 5.32 Å². The minimum absolute atomic E-state index is 0.0851. The van der Waals surface area contributed by atoms with E-state index < -0.39 is 12.3 Å². The molecular weight excluding hydrogens is 410 g/mol. The number of carbonyl (C=O) groups excluding carboxylic acids is 1. The quantitative estimate of drug-likeness (QED) is 0.474. The molecule has 0 aliphatic rings. The molecule has 152 valence electrons. The third kappa shape index (κ3) is 4.02. The largest absolute Gasteiger partial charge is 0.352 e. The normalized spacial score (nSPS) is 11.2. The molecule has 0 radical (unpaired) electrons. The van der Waals surface area contributed by atoms with Crippen molar-refractivity contribution in [3.63, 3.8) is 0 Å². The molecule has 2 aromatic heterocycles. The molecule has 0 fully saturated rings. The van der Waals surface area contributed by atoms with Crippen LogP contribution in [0.1, 0.15) is 28.0 Å². The zero-order chi connectivity index (χ0) is 21.1. The molecule has 0 saturated heterocycles. The second kappa shape index (κ2) is 8.59. The van der Waals surface area contributed by atoms with Crippen molar-refractivity contribution in [2.75, 3.05) is 6.54 Å². The van der Waals surface area contributed by atoms with Crippen LogP contribution in [0.15, 0.2) is 66.9 Å². The summed E-state index contributed by atoms with van der Waals surface area (Å²) in [6, 6.07) is 17.6. The van der Waals surface area contributed by atoms with Crippen molar-refractivity contribution < 1.29 is 13.6 Å². The van der Waals surface area contributed by atoms with Crippen LogP contribution in [-0.4, -0.2) is 27.0 Å². The van der Waals surface area contributed by atoms with Gasteiger partial charge in [0.1, 0.15) is 11.3 Å². The first-order chi connectivity index (χ1) is 14.5. The van der Waals surface area contributed by atoms with Gasteiger partial charge in [0.25, 0.3) is 12.3 Å². The van der Waals surface area contributed by atoms with Crippen molar-refractivity contribution in [2.24, 2.45) is 0 Å². The van der Waals surface area contributed by atoms with Crippen LogP contribution in [0.2, 0.25) is 5.02 Å². The Hall–Kier alpha value is -3.32. The van der Waals surface area contributed by atoms with Gasteiger partial charge in [-0.2, -0.15) is 5.10 Å². The molecule has 1 N–H and O–H groups in total. The molecule has 0 saturated carbocycles. The third-order valence-electron chi connectivity index (χ3n) is 4.67. The van der Waals surface area contributed by atoms with Crippen molar-refractivity contribution in [2.45, 2.75) is 12.8 Å². The molecule has 4 aromatic rings. The number of nitrogens with one attached hydrogen (secondary N) is 1. The summed E-state index contributed by atoms with van der Waals surface area (Å²) in [6.45, 7) is 0.333. The summed E-state index contributed by atoms with van der Waals surface area (Å²) in [5.41, 5.74) is 1.82. The van der Waals surface area contributed by atoms with Gasteiger partial charge in [-0.05, 0) is 24.1 Å². The van der Waals surface area contributed by atoms with E-state index >= 15 is 0 Å². The predicted molar refractivity (Wildman–Crippen MR) is 111 cm³/mol. The van der Waals surface area contributed by atoms with Crippen LogP contribution in [0.5, 0.6) is 0 Å². The van der Waals surface area contributed by atoms with E-state index in [0.717, 1.165) is 10.1 Å². The van der Waals surface area contributed by atoms with E-state index in [1.807, 2.05) is 24.3 Å². The summed E-state index contributed by atoms with van der Waals surface area (Å²) >= 11 is 6.13. The first-order valence-electron chi connectivity index (χ1n) is 9.28. The Morgan fingerprint density at radius 3 is 2.57 bits per heavy atom. The Kier molecular flexibility index (Phi) is 5.72. The molecule has 0 atom stereocenters. The molecular formula is C22H17ClF2N4O. The molecule has 30 heavy (non-hydrogen) atoms. The maximum absolute atomic E-state index is 13.6. The lowest BCUT2D eigenvalue weighted by Gasteiger charge is -2.09. The lowest BCUT2D eigenvalue weighted by Crippen LogP contribution is -2.25. The van der Waals surface area contributed by atoms with Crippen molar-refractivity contribution in [1.82, 2.24) is 19.9 Å². The number of halogens is 3. The fraction of sp³-hybridized carbons (Fsp3) is 0.136. The maximum Gasteiger partial charge on any atom is 0.280 e. The van der Waals surface area contributed by atoms with Crippen molar-refractivity contribution in [3.05, 3.63) is 88.7 Å². The number of rotatable bonds is 6. The lowest BCUT2D eigenvalue weighted by atomic mass is 10.1. The number of amides is 1. The number of fused-ring (bicyclic) bond motifs is 1. The van der Waals surface area contributed by atoms with Crippen molar-refractivity contribution in [3.8, 4) is 11.3 Å². The SMILES string of the molecule is O=C(NCCc1ccccc1Cl)c1cnn2c(C(F)F)cc(-c3ccccc3)nc12. The fourth-order valence-corrected chi connectivity index (χ4v) is 3.40. The van der Waals surface area contributed by atoms with Gasteiger partial charge in [0.15, 0.2) is 5.65 Å². The van der Waals surface area contributed by atoms with Crippen LogP contribution in [-0.2, 0) is 6.42 Å². The van der Waals surface area contributed by atoms with E-state index in [4.69, 9.17) is 11.6 Å². The zero-order valence-electron chi connectivity index (χ0n) is 15.7. The highest BCUT2D eigenvalue weighted by Crippen LogP contribution is 2.26. The summed E-state index contributed by atoms with van der Waals surface area (Å²) in [6.07, 6.45) is -0.974. The number of carbonyl (C=O) groups is 1. The van der Waals surface area contributed by atoms with Crippen LogP contribution in [0.25, 0.3) is 16.9 Å². The highest BCUT2D eigenvalue weighted by atomic mass is 35.5. The van der Waals surface area contributed by atoms with E-state index in [1.165, 1.54) is 12.3 Å². The van der Waals surface area contributed by atoms with Gasteiger partial charge >= 0.3 is 0 Å². The minimum Gasteiger partial charge on any atom is -0.352 e. The average molecular weight is 427 g/mol. The second-order valence-corrected chi connectivity index (χ2v) is 7.03. The van der Waals surface area contributed by atoms with Crippen molar-refractivity contribution in [1.29, 1.82) is 0 Å². The maximum atomic E-state index is 13.6. The van der Waals surface area contributed by atoms with Gasteiger partial charge < -0.3 is 5.32 Å². The van der Waals surface area contributed by atoms with E-state index in [1.54, 1.807) is 30.3 Å². The second-order valence-electron chi connectivity index (χ2n) is 6.62. The van der Waals surface area contributed by atoms with E-state index in [9.17, 15) is 13.6 Å². The Balaban J connectivity index is 1.63. The topological polar surface area (TPSA) is 59.3 Å². The van der Waals surface area contributed by atoms with E-state index in [-0.39, 0.29) is 16.9 Å². The molecule has 2 aromatic carbocycles. The van der Waals surface area contributed by atoms with Gasteiger partial charge in [-0.1, -0.05) is 60.1 Å². The zero-order valence-corrected chi connectivity index (χ0v) is 16.5. The first kappa shape index (κ1) is 20.0. The Bertz CT molecular complexity index is 1190. The Labute approximate surface area is 176 Å². The van der Waals surface area contributed by atoms with Crippen LogP contribution >= 0.6 is 11.6 Å². The number of hydrogen-bond donors (Lipinski definition) is 1. The number of benzene rings is 2. The molecule has 5 nitrogen and oxygen atoms in total. The average Bonchev–Trinajstić information content (AvgIpc) is 3.19. The van der Waals surface area contributed by atoms with Gasteiger partial charge in [0.2, 0.25) is 0 Å². The van der Waals surface area contributed by atoms with Gasteiger partial charge in [-0.15, -0.1) is 0 Å². The number of alkyl halides is 2. The molecule has 0 aliphatic carbocycles. The van der Waals surface area contributed by atoms with E-state index in [2.05, 4.69) is 15.4 Å². The van der Waals surface area contributed by atoms with Gasteiger partial charge in [-0.3, -0.25) is 4.79 Å². The summed E-state index contributed by atoms with van der Waals surface area (Å²) < 4.78 is 28.3. The molecule has 0 spiro atoms. The van der Waals surface area contributed by atoms with Crippen LogP contribution in [0, 0.1) is 0 Å². The molecule has 8 heteroatoms. The Morgan fingerprint density at radius 1 is 1.10 bits per heavy atom. The highest BCUT2D eigenvalue weighted by Gasteiger charge is 2.21. The highest BCUT2D eigenvalue weighted by molar-refractivity contribution is 6.31. The summed E-state index contributed by atoms with van der Waals surface area (Å²) in [4.78, 5) is 17.1. The number of nitrogens with zero attached hydrogens (tertiary/aromatic N) is 3. The summed E-state index contributed by atoms with van der Waals surface area (Å²) in [5.74, 6) is -0.435. The fourth-order valence-electron chi connectivity index (χ4n) is 3.17. The molecule has 1 amide bonds. The molecule has 2 heterocycles. The Morgan fingerprint density at radius 2 is 1.83 bits per heavy atom. The minimum atomic E-state index is -2.77.